The van der Waals surface area contributed by atoms with Gasteiger partial charge in [0.15, 0.2) is 0 Å². The summed E-state index contributed by atoms with van der Waals surface area (Å²) < 4.78 is 0. The monoisotopic (exact) mass is 301 g/mol. The number of benzene rings is 1. The molecule has 2 unspecified atom stereocenters. The first-order valence-electron chi connectivity index (χ1n) is 8.47. The summed E-state index contributed by atoms with van der Waals surface area (Å²) in [6.45, 7) is 6.14. The van der Waals surface area contributed by atoms with Crippen molar-refractivity contribution in [3.8, 4) is 0 Å². The fourth-order valence-electron chi connectivity index (χ4n) is 3.27. The van der Waals surface area contributed by atoms with Crippen molar-refractivity contribution >= 4 is 5.91 Å². The molecule has 1 aromatic carbocycles. The first kappa shape index (κ1) is 15.5. The van der Waals surface area contributed by atoms with E-state index < -0.39 is 6.10 Å². The van der Waals surface area contributed by atoms with Gasteiger partial charge in [0.25, 0.3) is 0 Å². The third-order valence-electron chi connectivity index (χ3n) is 4.88. The van der Waals surface area contributed by atoms with Crippen molar-refractivity contribution in [2.24, 2.45) is 11.3 Å². The molecule has 1 saturated carbocycles. The molecular formula is C19H27NO2. The van der Waals surface area contributed by atoms with Gasteiger partial charge in [-0.25, -0.2) is 0 Å². The molecule has 0 radical (unpaired) electrons. The van der Waals surface area contributed by atoms with Crippen molar-refractivity contribution < 1.29 is 9.90 Å². The molecule has 0 heterocycles. The number of nitrogens with one attached hydrogen (secondary N) is 1. The second kappa shape index (κ2) is 5.69. The van der Waals surface area contributed by atoms with Crippen LogP contribution < -0.4 is 5.32 Å². The summed E-state index contributed by atoms with van der Waals surface area (Å²) in [5.41, 5.74) is 3.30. The Morgan fingerprint density at radius 1 is 1.27 bits per heavy atom. The Balaban J connectivity index is 1.85. The van der Waals surface area contributed by atoms with E-state index in [0.717, 1.165) is 37.7 Å². The maximum Gasteiger partial charge on any atom is 0.223 e. The maximum atomic E-state index is 12.1. The Hall–Kier alpha value is -1.35. The number of aryl methyl sites for hydroxylation is 1. The molecule has 3 nitrogen and oxygen atoms in total. The molecule has 2 aliphatic carbocycles. The Labute approximate surface area is 133 Å². The minimum Gasteiger partial charge on any atom is -0.388 e. The van der Waals surface area contributed by atoms with Crippen LogP contribution in [0.4, 0.5) is 0 Å². The van der Waals surface area contributed by atoms with Gasteiger partial charge in [-0.1, -0.05) is 39.0 Å². The van der Waals surface area contributed by atoms with E-state index >= 15 is 0 Å². The quantitative estimate of drug-likeness (QED) is 0.895. The molecule has 0 spiro atoms. The lowest BCUT2D eigenvalue weighted by atomic mass is 9.81. The normalized spacial score (nSPS) is 22.8. The summed E-state index contributed by atoms with van der Waals surface area (Å²) in [5, 5.41) is 13.8. The molecule has 0 aliphatic heterocycles. The molecule has 1 amide bonds. The third-order valence-corrected chi connectivity index (χ3v) is 4.88. The number of hydrogen-bond acceptors (Lipinski definition) is 2. The predicted octanol–water partition coefficient (Wildman–Crippen LogP) is 3.67. The summed E-state index contributed by atoms with van der Waals surface area (Å²) in [7, 11) is 0. The highest BCUT2D eigenvalue weighted by molar-refractivity contribution is 5.81. The van der Waals surface area contributed by atoms with Crippen LogP contribution in [0.25, 0.3) is 0 Å². The van der Waals surface area contributed by atoms with Crippen LogP contribution in [0.15, 0.2) is 18.2 Å². The molecule has 22 heavy (non-hydrogen) atoms. The minimum atomic E-state index is -0.487. The van der Waals surface area contributed by atoms with Crippen molar-refractivity contribution in [2.45, 2.75) is 65.0 Å². The Kier molecular flexibility index (Phi) is 4.02. The molecule has 0 aromatic heterocycles. The molecule has 1 aromatic rings. The second-order valence-corrected chi connectivity index (χ2v) is 7.95. The number of fused-ring (bicyclic) bond motifs is 1. The number of hydrogen-bond donors (Lipinski definition) is 2. The van der Waals surface area contributed by atoms with Gasteiger partial charge in [0, 0.05) is 5.92 Å². The molecule has 120 valence electrons. The molecule has 1 fully saturated rings. The third kappa shape index (κ3) is 3.19. The van der Waals surface area contributed by atoms with Crippen LogP contribution in [-0.4, -0.2) is 11.0 Å². The van der Waals surface area contributed by atoms with Crippen molar-refractivity contribution in [1.82, 2.24) is 5.32 Å². The lowest BCUT2D eigenvalue weighted by molar-refractivity contribution is -0.123. The zero-order valence-electron chi connectivity index (χ0n) is 13.9. The lowest BCUT2D eigenvalue weighted by Gasteiger charge is -2.30. The van der Waals surface area contributed by atoms with Gasteiger partial charge in [0.05, 0.1) is 12.1 Å². The summed E-state index contributed by atoms with van der Waals surface area (Å²) in [4.78, 5) is 12.1. The summed E-state index contributed by atoms with van der Waals surface area (Å²) in [6.07, 6.45) is 4.77. The van der Waals surface area contributed by atoms with Gasteiger partial charge in [-0.15, -0.1) is 0 Å². The zero-order chi connectivity index (χ0) is 15.9. The Bertz CT molecular complexity index is 569. The average molecular weight is 301 g/mol. The Morgan fingerprint density at radius 3 is 2.64 bits per heavy atom. The summed E-state index contributed by atoms with van der Waals surface area (Å²) >= 11 is 0. The smallest absolute Gasteiger partial charge is 0.223 e. The number of rotatable bonds is 3. The van der Waals surface area contributed by atoms with Gasteiger partial charge in [0.2, 0.25) is 5.91 Å². The SMILES string of the molecule is CC(C)(C)C(O)c1ccc2c(c1)C(NC(=O)C1CC1)CCC2. The number of amides is 1. The van der Waals surface area contributed by atoms with Crippen LogP contribution in [0, 0.1) is 11.3 Å². The fraction of sp³-hybridized carbons (Fsp3) is 0.632. The van der Waals surface area contributed by atoms with Crippen LogP contribution in [-0.2, 0) is 11.2 Å². The highest BCUT2D eigenvalue weighted by atomic mass is 16.3. The lowest BCUT2D eigenvalue weighted by Crippen LogP contribution is -2.32. The van der Waals surface area contributed by atoms with Crippen LogP contribution in [0.2, 0.25) is 0 Å². The first-order chi connectivity index (χ1) is 10.4. The summed E-state index contributed by atoms with van der Waals surface area (Å²) in [5.74, 6) is 0.452. The van der Waals surface area contributed by atoms with Crippen LogP contribution in [0.1, 0.15) is 75.3 Å². The van der Waals surface area contributed by atoms with Gasteiger partial charge in [-0.2, -0.15) is 0 Å². The molecular weight excluding hydrogens is 274 g/mol. The van der Waals surface area contributed by atoms with E-state index in [4.69, 9.17) is 0 Å². The highest BCUT2D eigenvalue weighted by Gasteiger charge is 2.33. The van der Waals surface area contributed by atoms with Crippen molar-refractivity contribution in [3.05, 3.63) is 34.9 Å². The number of carbonyl (C=O) groups excluding carboxylic acids is 1. The average Bonchev–Trinajstić information content (AvgIpc) is 3.30. The molecule has 3 rings (SSSR count). The fourth-order valence-corrected chi connectivity index (χ4v) is 3.27. The predicted molar refractivity (Wildman–Crippen MR) is 87.4 cm³/mol. The second-order valence-electron chi connectivity index (χ2n) is 7.95. The van der Waals surface area contributed by atoms with Gasteiger partial charge < -0.3 is 10.4 Å². The molecule has 2 atom stereocenters. The maximum absolute atomic E-state index is 12.1. The van der Waals surface area contributed by atoms with E-state index in [0.29, 0.717) is 0 Å². The van der Waals surface area contributed by atoms with E-state index in [9.17, 15) is 9.90 Å². The number of carbonyl (C=O) groups is 1. The van der Waals surface area contributed by atoms with Crippen LogP contribution >= 0.6 is 0 Å². The van der Waals surface area contributed by atoms with Gasteiger partial charge in [-0.3, -0.25) is 4.79 Å². The van der Waals surface area contributed by atoms with E-state index in [2.05, 4.69) is 17.4 Å². The molecule has 0 saturated heterocycles. The first-order valence-corrected chi connectivity index (χ1v) is 8.47. The van der Waals surface area contributed by atoms with Crippen molar-refractivity contribution in [2.75, 3.05) is 0 Å². The number of aliphatic hydroxyl groups excluding tert-OH is 1. The number of aliphatic hydroxyl groups is 1. The topological polar surface area (TPSA) is 49.3 Å². The van der Waals surface area contributed by atoms with E-state index in [1.54, 1.807) is 0 Å². The van der Waals surface area contributed by atoms with Crippen LogP contribution in [0.3, 0.4) is 0 Å². The molecule has 0 bridgehead atoms. The van der Waals surface area contributed by atoms with Crippen molar-refractivity contribution in [3.63, 3.8) is 0 Å². The molecule has 3 heteroatoms. The molecule has 2 aliphatic rings. The van der Waals surface area contributed by atoms with E-state index in [1.165, 1.54) is 11.1 Å². The zero-order valence-corrected chi connectivity index (χ0v) is 13.9. The van der Waals surface area contributed by atoms with E-state index in [-0.39, 0.29) is 23.3 Å². The Morgan fingerprint density at radius 2 is 2.00 bits per heavy atom. The van der Waals surface area contributed by atoms with Gasteiger partial charge in [-0.05, 0) is 54.2 Å². The van der Waals surface area contributed by atoms with Crippen LogP contribution in [0.5, 0.6) is 0 Å². The highest BCUT2D eigenvalue weighted by Crippen LogP contribution is 2.37. The van der Waals surface area contributed by atoms with E-state index in [1.807, 2.05) is 26.8 Å². The molecule has 2 N–H and O–H groups in total. The minimum absolute atomic E-state index is 0.115. The standard InChI is InChI=1S/C19H27NO2/c1-19(2,3)17(21)14-10-7-12-5-4-6-16(15(12)11-14)20-18(22)13-8-9-13/h7,10-11,13,16-17,21H,4-6,8-9H2,1-3H3,(H,20,22). The van der Waals surface area contributed by atoms with Crippen molar-refractivity contribution in [1.29, 1.82) is 0 Å². The largest absolute Gasteiger partial charge is 0.388 e. The van der Waals surface area contributed by atoms with Gasteiger partial charge in [0.1, 0.15) is 0 Å². The summed E-state index contributed by atoms with van der Waals surface area (Å²) in [6, 6.07) is 6.40. The van der Waals surface area contributed by atoms with Gasteiger partial charge >= 0.3 is 0 Å².